The summed E-state index contributed by atoms with van der Waals surface area (Å²) in [6.45, 7) is 6.32. The second kappa shape index (κ2) is 8.42. The molecular weight excluding hydrogens is 182 g/mol. The molecule has 0 heterocycles. The van der Waals surface area contributed by atoms with Gasteiger partial charge in [-0.25, -0.2) is 0 Å². The van der Waals surface area contributed by atoms with Crippen molar-refractivity contribution in [2.75, 3.05) is 5.75 Å². The van der Waals surface area contributed by atoms with E-state index in [9.17, 15) is 0 Å². The lowest BCUT2D eigenvalue weighted by Crippen LogP contribution is -2.11. The van der Waals surface area contributed by atoms with Gasteiger partial charge in [-0.3, -0.25) is 5.41 Å². The van der Waals surface area contributed by atoms with Gasteiger partial charge in [-0.15, -0.1) is 0 Å². The van der Waals surface area contributed by atoms with Crippen LogP contribution in [-0.2, 0) is 4.74 Å². The molecule has 1 atom stereocenters. The van der Waals surface area contributed by atoms with Crippen LogP contribution >= 0.6 is 11.8 Å². The number of thioether (sulfide) groups is 1. The standard InChI is InChI=1S/C10H21NOS/c1-4-6-7-9(3)12-10(11)13-8-5-2/h9,11H,4-8H2,1-3H3. The van der Waals surface area contributed by atoms with Gasteiger partial charge in [-0.1, -0.05) is 38.5 Å². The molecule has 0 aliphatic heterocycles. The predicted octanol–water partition coefficient (Wildman–Crippen LogP) is 3.66. The summed E-state index contributed by atoms with van der Waals surface area (Å²) in [6, 6.07) is 0. The normalized spacial score (nSPS) is 12.5. The predicted molar refractivity (Wildman–Crippen MR) is 60.5 cm³/mol. The Morgan fingerprint density at radius 2 is 2.08 bits per heavy atom. The van der Waals surface area contributed by atoms with Gasteiger partial charge in [0.25, 0.3) is 0 Å². The zero-order valence-corrected chi connectivity index (χ0v) is 9.75. The molecule has 0 aliphatic carbocycles. The third kappa shape index (κ3) is 8.16. The van der Waals surface area contributed by atoms with E-state index < -0.39 is 0 Å². The molecule has 78 valence electrons. The number of hydrogen-bond acceptors (Lipinski definition) is 3. The highest BCUT2D eigenvalue weighted by Crippen LogP contribution is 2.11. The Balaban J connectivity index is 3.41. The molecule has 3 heteroatoms. The summed E-state index contributed by atoms with van der Waals surface area (Å²) in [5.41, 5.74) is 0. The van der Waals surface area contributed by atoms with Gasteiger partial charge in [0, 0.05) is 5.75 Å². The largest absolute Gasteiger partial charge is 0.470 e. The molecule has 0 amide bonds. The van der Waals surface area contributed by atoms with Crippen LogP contribution < -0.4 is 0 Å². The molecule has 0 radical (unpaired) electrons. The van der Waals surface area contributed by atoms with Crippen LogP contribution in [0.4, 0.5) is 0 Å². The Kier molecular flexibility index (Phi) is 8.30. The topological polar surface area (TPSA) is 33.1 Å². The van der Waals surface area contributed by atoms with Gasteiger partial charge in [0.1, 0.15) is 0 Å². The first kappa shape index (κ1) is 12.8. The van der Waals surface area contributed by atoms with Crippen molar-refractivity contribution >= 4 is 17.0 Å². The van der Waals surface area contributed by atoms with Crippen LogP contribution in [0.1, 0.15) is 46.5 Å². The number of ether oxygens (including phenoxy) is 1. The lowest BCUT2D eigenvalue weighted by atomic mass is 10.2. The summed E-state index contributed by atoms with van der Waals surface area (Å²) in [6.07, 6.45) is 4.75. The van der Waals surface area contributed by atoms with E-state index >= 15 is 0 Å². The molecule has 0 aromatic heterocycles. The fourth-order valence-electron chi connectivity index (χ4n) is 0.962. The molecule has 0 fully saturated rings. The Morgan fingerprint density at radius 3 is 2.62 bits per heavy atom. The molecule has 2 nitrogen and oxygen atoms in total. The highest BCUT2D eigenvalue weighted by Gasteiger charge is 2.05. The van der Waals surface area contributed by atoms with Crippen LogP contribution in [0.3, 0.4) is 0 Å². The Morgan fingerprint density at radius 1 is 1.38 bits per heavy atom. The first-order valence-corrected chi connectivity index (χ1v) is 6.07. The average molecular weight is 203 g/mol. The molecule has 1 unspecified atom stereocenters. The van der Waals surface area contributed by atoms with E-state index in [1.54, 1.807) is 0 Å². The summed E-state index contributed by atoms with van der Waals surface area (Å²) in [5, 5.41) is 7.88. The van der Waals surface area contributed by atoms with Gasteiger partial charge in [0.05, 0.1) is 6.10 Å². The van der Waals surface area contributed by atoms with Crippen molar-refractivity contribution in [1.29, 1.82) is 5.41 Å². The van der Waals surface area contributed by atoms with Crippen molar-refractivity contribution in [3.63, 3.8) is 0 Å². The van der Waals surface area contributed by atoms with Crippen molar-refractivity contribution in [1.82, 2.24) is 0 Å². The van der Waals surface area contributed by atoms with Crippen molar-refractivity contribution in [2.45, 2.75) is 52.6 Å². The van der Waals surface area contributed by atoms with E-state index in [0.29, 0.717) is 5.23 Å². The fourth-order valence-corrected chi connectivity index (χ4v) is 1.58. The molecule has 0 rings (SSSR count). The van der Waals surface area contributed by atoms with E-state index in [0.717, 1.165) is 18.6 Å². The minimum absolute atomic E-state index is 0.205. The highest BCUT2D eigenvalue weighted by molar-refractivity contribution is 8.13. The molecule has 1 N–H and O–H groups in total. The molecule has 0 aromatic rings. The maximum Gasteiger partial charge on any atom is 0.243 e. The molecule has 0 saturated heterocycles. The van der Waals surface area contributed by atoms with Gasteiger partial charge >= 0.3 is 0 Å². The molecule has 0 saturated carbocycles. The third-order valence-corrected chi connectivity index (χ3v) is 2.68. The molecule has 0 aliphatic rings. The maximum absolute atomic E-state index is 7.50. The second-order valence-corrected chi connectivity index (χ2v) is 4.27. The monoisotopic (exact) mass is 203 g/mol. The van der Waals surface area contributed by atoms with Gasteiger partial charge in [-0.2, -0.15) is 0 Å². The lowest BCUT2D eigenvalue weighted by Gasteiger charge is -2.13. The van der Waals surface area contributed by atoms with Gasteiger partial charge in [0.2, 0.25) is 5.23 Å². The van der Waals surface area contributed by atoms with E-state index in [1.807, 2.05) is 6.92 Å². The van der Waals surface area contributed by atoms with E-state index in [4.69, 9.17) is 10.1 Å². The first-order valence-electron chi connectivity index (χ1n) is 5.08. The van der Waals surface area contributed by atoms with Crippen LogP contribution in [0.25, 0.3) is 0 Å². The van der Waals surface area contributed by atoms with Gasteiger partial charge < -0.3 is 4.74 Å². The molecule has 0 bridgehead atoms. The Labute approximate surface area is 85.9 Å². The van der Waals surface area contributed by atoms with E-state index in [-0.39, 0.29) is 6.10 Å². The highest BCUT2D eigenvalue weighted by atomic mass is 32.2. The summed E-state index contributed by atoms with van der Waals surface area (Å²) >= 11 is 1.50. The zero-order chi connectivity index (χ0) is 10.1. The Bertz CT molecular complexity index is 139. The summed E-state index contributed by atoms with van der Waals surface area (Å²) < 4.78 is 5.40. The zero-order valence-electron chi connectivity index (χ0n) is 8.93. The van der Waals surface area contributed by atoms with Crippen LogP contribution in [0, 0.1) is 5.41 Å². The van der Waals surface area contributed by atoms with Crippen LogP contribution in [0.2, 0.25) is 0 Å². The minimum atomic E-state index is 0.205. The van der Waals surface area contributed by atoms with Crippen molar-refractivity contribution in [2.24, 2.45) is 0 Å². The molecule has 13 heavy (non-hydrogen) atoms. The lowest BCUT2D eigenvalue weighted by molar-refractivity contribution is 0.199. The van der Waals surface area contributed by atoms with Crippen LogP contribution in [-0.4, -0.2) is 17.1 Å². The number of nitrogens with one attached hydrogen (secondary N) is 1. The summed E-state index contributed by atoms with van der Waals surface area (Å²) in [5.74, 6) is 0.985. The molecule has 0 spiro atoms. The van der Waals surface area contributed by atoms with E-state index in [2.05, 4.69) is 13.8 Å². The maximum atomic E-state index is 7.50. The quantitative estimate of drug-likeness (QED) is 0.528. The molecular formula is C10H21NOS. The van der Waals surface area contributed by atoms with Crippen molar-refractivity contribution in [3.8, 4) is 0 Å². The average Bonchev–Trinajstić information content (AvgIpc) is 2.11. The van der Waals surface area contributed by atoms with Gasteiger partial charge in [-0.05, 0) is 19.8 Å². The van der Waals surface area contributed by atoms with Crippen LogP contribution in [0.5, 0.6) is 0 Å². The third-order valence-electron chi connectivity index (χ3n) is 1.71. The summed E-state index contributed by atoms with van der Waals surface area (Å²) in [4.78, 5) is 0. The first-order chi connectivity index (χ1) is 6.20. The minimum Gasteiger partial charge on any atom is -0.470 e. The Hall–Kier alpha value is -0.180. The summed E-state index contributed by atoms with van der Waals surface area (Å²) in [7, 11) is 0. The SMILES string of the molecule is CCCCC(C)OC(=N)SCCC. The smallest absolute Gasteiger partial charge is 0.243 e. The van der Waals surface area contributed by atoms with Crippen molar-refractivity contribution in [3.05, 3.63) is 0 Å². The number of unbranched alkanes of at least 4 members (excludes halogenated alkanes) is 1. The molecule has 0 aromatic carbocycles. The fraction of sp³-hybridized carbons (Fsp3) is 0.900. The number of hydrogen-bond donors (Lipinski definition) is 1. The van der Waals surface area contributed by atoms with Crippen LogP contribution in [0.15, 0.2) is 0 Å². The van der Waals surface area contributed by atoms with Crippen molar-refractivity contribution < 1.29 is 4.74 Å². The number of rotatable bonds is 6. The van der Waals surface area contributed by atoms with E-state index in [1.165, 1.54) is 24.6 Å². The second-order valence-electron chi connectivity index (χ2n) is 3.21. The van der Waals surface area contributed by atoms with Gasteiger partial charge in [0.15, 0.2) is 0 Å².